The number of carbonyl (C=O) groups excluding carboxylic acids is 1. The van der Waals surface area contributed by atoms with Crippen LogP contribution in [0.3, 0.4) is 0 Å². The number of rotatable bonds is 7. The molecular weight excluding hydrogens is 304 g/mol. The molecule has 0 fully saturated rings. The Morgan fingerprint density at radius 3 is 2.46 bits per heavy atom. The van der Waals surface area contributed by atoms with E-state index in [-0.39, 0.29) is 19.8 Å². The third-order valence-electron chi connectivity index (χ3n) is 3.51. The van der Waals surface area contributed by atoms with Crippen molar-refractivity contribution in [3.63, 3.8) is 0 Å². The summed E-state index contributed by atoms with van der Waals surface area (Å²) in [4.78, 5) is 11.4. The largest absolute Gasteiger partial charge is 0.489 e. The van der Waals surface area contributed by atoms with Crippen LogP contribution in [0.4, 0.5) is 0 Å². The van der Waals surface area contributed by atoms with Gasteiger partial charge in [0.2, 0.25) is 0 Å². The minimum atomic E-state index is -0.429. The van der Waals surface area contributed by atoms with Gasteiger partial charge in [0.15, 0.2) is 0 Å². The molecule has 2 aromatic rings. The molecule has 2 rings (SSSR count). The van der Waals surface area contributed by atoms with Crippen LogP contribution in [-0.2, 0) is 16.1 Å². The molecule has 0 heterocycles. The van der Waals surface area contributed by atoms with Gasteiger partial charge in [0.25, 0.3) is 0 Å². The molecule has 0 bridgehead atoms. The maximum absolute atomic E-state index is 11.4. The van der Waals surface area contributed by atoms with Gasteiger partial charge >= 0.3 is 5.97 Å². The SMILES string of the molecule is C=C(C)C(=O)OCCOc1cc(CO)ccc1-c1ccc(C)cc1. The zero-order valence-corrected chi connectivity index (χ0v) is 14.0. The van der Waals surface area contributed by atoms with Crippen LogP contribution in [0.15, 0.2) is 54.6 Å². The predicted octanol–water partition coefficient (Wildman–Crippen LogP) is 3.65. The van der Waals surface area contributed by atoms with Crippen LogP contribution in [0, 0.1) is 6.92 Å². The summed E-state index contributed by atoms with van der Waals surface area (Å²) in [7, 11) is 0. The van der Waals surface area contributed by atoms with Crippen molar-refractivity contribution < 1.29 is 19.4 Å². The number of carbonyl (C=O) groups is 1. The first-order valence-electron chi connectivity index (χ1n) is 7.77. The lowest BCUT2D eigenvalue weighted by Crippen LogP contribution is -2.12. The minimum absolute atomic E-state index is 0.0603. The number of aryl methyl sites for hydroxylation is 1. The summed E-state index contributed by atoms with van der Waals surface area (Å²) in [6.45, 7) is 7.48. The first kappa shape index (κ1) is 17.8. The lowest BCUT2D eigenvalue weighted by atomic mass is 10.0. The molecule has 0 saturated carbocycles. The highest BCUT2D eigenvalue weighted by Crippen LogP contribution is 2.31. The Labute approximate surface area is 142 Å². The quantitative estimate of drug-likeness (QED) is 0.479. The van der Waals surface area contributed by atoms with Crippen molar-refractivity contribution in [1.82, 2.24) is 0 Å². The topological polar surface area (TPSA) is 55.8 Å². The standard InChI is InChI=1S/C20H22O4/c1-14(2)20(22)24-11-10-23-19-12-16(13-21)6-9-18(19)17-7-4-15(3)5-8-17/h4-9,12,21H,1,10-11,13H2,2-3H3. The lowest BCUT2D eigenvalue weighted by molar-refractivity contribution is -0.139. The first-order valence-corrected chi connectivity index (χ1v) is 7.77. The van der Waals surface area contributed by atoms with Gasteiger partial charge in [-0.1, -0.05) is 48.5 Å². The molecule has 0 saturated heterocycles. The van der Waals surface area contributed by atoms with E-state index in [4.69, 9.17) is 9.47 Å². The highest BCUT2D eigenvalue weighted by molar-refractivity contribution is 5.86. The van der Waals surface area contributed by atoms with Crippen LogP contribution in [0.25, 0.3) is 11.1 Å². The minimum Gasteiger partial charge on any atom is -0.489 e. The molecule has 0 spiro atoms. The second-order valence-corrected chi connectivity index (χ2v) is 5.62. The van der Waals surface area contributed by atoms with E-state index >= 15 is 0 Å². The maximum Gasteiger partial charge on any atom is 0.333 e. The third kappa shape index (κ3) is 4.70. The third-order valence-corrected chi connectivity index (χ3v) is 3.51. The smallest absolute Gasteiger partial charge is 0.333 e. The Morgan fingerprint density at radius 2 is 1.83 bits per heavy atom. The van der Waals surface area contributed by atoms with Crippen molar-refractivity contribution in [2.24, 2.45) is 0 Å². The van der Waals surface area contributed by atoms with E-state index in [2.05, 4.69) is 6.58 Å². The molecule has 0 atom stereocenters. The molecule has 2 aromatic carbocycles. The molecule has 0 aliphatic rings. The van der Waals surface area contributed by atoms with Gasteiger partial charge in [-0.3, -0.25) is 0 Å². The van der Waals surface area contributed by atoms with Crippen LogP contribution in [-0.4, -0.2) is 24.3 Å². The molecular formula is C20H22O4. The van der Waals surface area contributed by atoms with Crippen molar-refractivity contribution in [2.45, 2.75) is 20.5 Å². The van der Waals surface area contributed by atoms with E-state index in [1.165, 1.54) is 5.56 Å². The first-order chi connectivity index (χ1) is 11.5. The van der Waals surface area contributed by atoms with Gasteiger partial charge in [0.1, 0.15) is 19.0 Å². The highest BCUT2D eigenvalue weighted by Gasteiger charge is 2.09. The monoisotopic (exact) mass is 326 g/mol. The van der Waals surface area contributed by atoms with Crippen LogP contribution in [0.2, 0.25) is 0 Å². The number of benzene rings is 2. The number of hydrogen-bond acceptors (Lipinski definition) is 4. The van der Waals surface area contributed by atoms with Crippen molar-refractivity contribution in [3.8, 4) is 16.9 Å². The van der Waals surface area contributed by atoms with Gasteiger partial charge in [-0.25, -0.2) is 4.79 Å². The van der Waals surface area contributed by atoms with Gasteiger partial charge in [-0.05, 0) is 31.0 Å². The average molecular weight is 326 g/mol. The molecule has 0 aromatic heterocycles. The fourth-order valence-electron chi connectivity index (χ4n) is 2.17. The van der Waals surface area contributed by atoms with Gasteiger partial charge in [0.05, 0.1) is 6.61 Å². The fourth-order valence-corrected chi connectivity index (χ4v) is 2.17. The molecule has 4 nitrogen and oxygen atoms in total. The van der Waals surface area contributed by atoms with Gasteiger partial charge in [-0.15, -0.1) is 0 Å². The summed E-state index contributed by atoms with van der Waals surface area (Å²) in [5, 5.41) is 9.33. The molecule has 0 unspecified atom stereocenters. The highest BCUT2D eigenvalue weighted by atomic mass is 16.6. The Bertz CT molecular complexity index is 717. The second-order valence-electron chi connectivity index (χ2n) is 5.62. The summed E-state index contributed by atoms with van der Waals surface area (Å²) < 4.78 is 10.8. The summed E-state index contributed by atoms with van der Waals surface area (Å²) in [6.07, 6.45) is 0. The molecule has 0 radical (unpaired) electrons. The summed E-state index contributed by atoms with van der Waals surface area (Å²) in [5.41, 5.74) is 4.26. The van der Waals surface area contributed by atoms with Gasteiger partial charge in [-0.2, -0.15) is 0 Å². The molecule has 0 aliphatic heterocycles. The molecule has 126 valence electrons. The van der Waals surface area contributed by atoms with E-state index < -0.39 is 5.97 Å². The van der Waals surface area contributed by atoms with Crippen molar-refractivity contribution in [2.75, 3.05) is 13.2 Å². The van der Waals surface area contributed by atoms with E-state index in [1.807, 2.05) is 43.3 Å². The Balaban J connectivity index is 2.13. The number of aliphatic hydroxyl groups excluding tert-OH is 1. The van der Waals surface area contributed by atoms with Crippen molar-refractivity contribution in [1.29, 1.82) is 0 Å². The average Bonchev–Trinajstić information content (AvgIpc) is 2.59. The zero-order chi connectivity index (χ0) is 17.5. The van der Waals surface area contributed by atoms with Gasteiger partial charge < -0.3 is 14.6 Å². The Kier molecular flexibility index (Phi) is 6.15. The molecule has 0 amide bonds. The Hall–Kier alpha value is -2.59. The van der Waals surface area contributed by atoms with Crippen LogP contribution >= 0.6 is 0 Å². The predicted molar refractivity (Wildman–Crippen MR) is 93.8 cm³/mol. The van der Waals surface area contributed by atoms with Gasteiger partial charge in [0, 0.05) is 11.1 Å². The van der Waals surface area contributed by atoms with Crippen molar-refractivity contribution in [3.05, 3.63) is 65.7 Å². The summed E-state index contributed by atoms with van der Waals surface area (Å²) in [6, 6.07) is 13.7. The van der Waals surface area contributed by atoms with Crippen LogP contribution in [0.1, 0.15) is 18.1 Å². The summed E-state index contributed by atoms with van der Waals surface area (Å²) in [5.74, 6) is 0.221. The normalized spacial score (nSPS) is 10.3. The molecule has 24 heavy (non-hydrogen) atoms. The number of hydrogen-bond donors (Lipinski definition) is 1. The van der Waals surface area contributed by atoms with E-state index in [0.29, 0.717) is 11.3 Å². The van der Waals surface area contributed by atoms with Crippen LogP contribution in [0.5, 0.6) is 5.75 Å². The van der Waals surface area contributed by atoms with Crippen molar-refractivity contribution >= 4 is 5.97 Å². The summed E-state index contributed by atoms with van der Waals surface area (Å²) >= 11 is 0. The lowest BCUT2D eigenvalue weighted by Gasteiger charge is -2.13. The number of esters is 1. The number of aliphatic hydroxyl groups is 1. The fraction of sp³-hybridized carbons (Fsp3) is 0.250. The number of ether oxygens (including phenoxy) is 2. The van der Waals surface area contributed by atoms with E-state index in [0.717, 1.165) is 16.7 Å². The zero-order valence-electron chi connectivity index (χ0n) is 14.0. The van der Waals surface area contributed by atoms with E-state index in [9.17, 15) is 9.90 Å². The Morgan fingerprint density at radius 1 is 1.12 bits per heavy atom. The molecule has 4 heteroatoms. The van der Waals surface area contributed by atoms with E-state index in [1.54, 1.807) is 13.0 Å². The molecule has 0 aliphatic carbocycles. The second kappa shape index (κ2) is 8.31. The molecule has 1 N–H and O–H groups in total. The van der Waals surface area contributed by atoms with Crippen LogP contribution < -0.4 is 4.74 Å². The maximum atomic E-state index is 11.4.